The zero-order chi connectivity index (χ0) is 16.4. The second-order valence-electron chi connectivity index (χ2n) is 4.19. The van der Waals surface area contributed by atoms with Gasteiger partial charge in [0.1, 0.15) is 11.5 Å². The van der Waals surface area contributed by atoms with Crippen molar-refractivity contribution < 1.29 is 35.8 Å². The lowest BCUT2D eigenvalue weighted by Gasteiger charge is -2.29. The van der Waals surface area contributed by atoms with Crippen LogP contribution >= 0.6 is 0 Å². The molecular formula is C12H13F6NO2. The first-order valence-electron chi connectivity index (χ1n) is 5.63. The van der Waals surface area contributed by atoms with Gasteiger partial charge in [-0.2, -0.15) is 26.3 Å². The van der Waals surface area contributed by atoms with E-state index in [1.807, 2.05) is 0 Å². The Morgan fingerprint density at radius 3 is 1.86 bits per heavy atom. The number of nitrogens with two attached hydrogens (primary N) is 1. The summed E-state index contributed by atoms with van der Waals surface area (Å²) in [5, 5.41) is 0. The molecule has 1 aromatic carbocycles. The van der Waals surface area contributed by atoms with Crippen molar-refractivity contribution in [3.63, 3.8) is 0 Å². The van der Waals surface area contributed by atoms with E-state index < -0.39 is 29.9 Å². The van der Waals surface area contributed by atoms with Crippen molar-refractivity contribution in [3.05, 3.63) is 23.8 Å². The topological polar surface area (TPSA) is 44.5 Å². The van der Waals surface area contributed by atoms with Crippen molar-refractivity contribution in [2.75, 3.05) is 14.2 Å². The van der Waals surface area contributed by atoms with Gasteiger partial charge in [-0.1, -0.05) is 6.07 Å². The van der Waals surface area contributed by atoms with E-state index in [2.05, 4.69) is 0 Å². The molecule has 1 rings (SSSR count). The maximum atomic E-state index is 12.7. The van der Waals surface area contributed by atoms with Crippen LogP contribution in [0.4, 0.5) is 26.3 Å². The van der Waals surface area contributed by atoms with Crippen LogP contribution in [-0.4, -0.2) is 26.6 Å². The molecule has 0 fully saturated rings. The third kappa shape index (κ3) is 3.93. The predicted octanol–water partition coefficient (Wildman–Crippen LogP) is 3.44. The van der Waals surface area contributed by atoms with Gasteiger partial charge in [0.05, 0.1) is 20.3 Å². The average Bonchev–Trinajstić information content (AvgIpc) is 2.34. The third-order valence-electron chi connectivity index (χ3n) is 2.86. The molecular weight excluding hydrogens is 304 g/mol. The van der Waals surface area contributed by atoms with Gasteiger partial charge in [0.2, 0.25) is 0 Å². The summed E-state index contributed by atoms with van der Waals surface area (Å²) in [6.45, 7) is 0. The molecule has 0 amide bonds. The molecule has 2 N–H and O–H groups in total. The summed E-state index contributed by atoms with van der Waals surface area (Å²) in [6.07, 6.45) is -11.1. The Bertz CT molecular complexity index is 472. The Balaban J connectivity index is 3.30. The Hall–Kier alpha value is -1.64. The van der Waals surface area contributed by atoms with Crippen LogP contribution in [0.1, 0.15) is 11.6 Å². The minimum Gasteiger partial charge on any atom is -0.497 e. The molecule has 0 aliphatic rings. The van der Waals surface area contributed by atoms with Gasteiger partial charge in [0, 0.05) is 11.6 Å². The Labute approximate surface area is 116 Å². The van der Waals surface area contributed by atoms with E-state index in [1.165, 1.54) is 19.2 Å². The van der Waals surface area contributed by atoms with E-state index in [-0.39, 0.29) is 11.5 Å². The van der Waals surface area contributed by atoms with Crippen LogP contribution in [0.15, 0.2) is 18.2 Å². The van der Waals surface area contributed by atoms with Crippen molar-refractivity contribution in [1.82, 2.24) is 0 Å². The fraction of sp³-hybridized carbons (Fsp3) is 0.500. The number of ether oxygens (including phenoxy) is 2. The number of rotatable bonds is 4. The van der Waals surface area contributed by atoms with E-state index in [0.717, 1.165) is 13.2 Å². The lowest BCUT2D eigenvalue weighted by atomic mass is 9.92. The molecule has 0 aliphatic heterocycles. The lowest BCUT2D eigenvalue weighted by molar-refractivity contribution is -0.290. The van der Waals surface area contributed by atoms with Crippen molar-refractivity contribution in [2.24, 2.45) is 11.7 Å². The first-order valence-corrected chi connectivity index (χ1v) is 5.63. The molecule has 21 heavy (non-hydrogen) atoms. The molecule has 3 nitrogen and oxygen atoms in total. The number of halogens is 6. The van der Waals surface area contributed by atoms with Crippen LogP contribution in [0.25, 0.3) is 0 Å². The summed E-state index contributed by atoms with van der Waals surface area (Å²) >= 11 is 0. The van der Waals surface area contributed by atoms with Gasteiger partial charge in [0.25, 0.3) is 0 Å². The van der Waals surface area contributed by atoms with Gasteiger partial charge in [-0.25, -0.2) is 0 Å². The van der Waals surface area contributed by atoms with E-state index in [1.54, 1.807) is 0 Å². The highest BCUT2D eigenvalue weighted by atomic mass is 19.4. The van der Waals surface area contributed by atoms with Gasteiger partial charge >= 0.3 is 12.4 Å². The Morgan fingerprint density at radius 1 is 0.952 bits per heavy atom. The van der Waals surface area contributed by atoms with E-state index in [4.69, 9.17) is 15.2 Å². The molecule has 0 saturated heterocycles. The van der Waals surface area contributed by atoms with Crippen molar-refractivity contribution in [3.8, 4) is 11.5 Å². The highest BCUT2D eigenvalue weighted by Gasteiger charge is 2.60. The third-order valence-corrected chi connectivity index (χ3v) is 2.86. The summed E-state index contributed by atoms with van der Waals surface area (Å²) in [6, 6.07) is 1.05. The average molecular weight is 317 g/mol. The van der Waals surface area contributed by atoms with Gasteiger partial charge in [0.15, 0.2) is 5.92 Å². The van der Waals surface area contributed by atoms with Gasteiger partial charge in [-0.3, -0.25) is 0 Å². The lowest BCUT2D eigenvalue weighted by Crippen LogP contribution is -2.44. The number of hydrogen-bond donors (Lipinski definition) is 1. The Kier molecular flexibility index (Phi) is 4.98. The van der Waals surface area contributed by atoms with Gasteiger partial charge in [-0.15, -0.1) is 0 Å². The minimum atomic E-state index is -5.53. The maximum Gasteiger partial charge on any atom is 0.402 e. The highest BCUT2D eigenvalue weighted by Crippen LogP contribution is 2.47. The predicted molar refractivity (Wildman–Crippen MR) is 62.1 cm³/mol. The van der Waals surface area contributed by atoms with E-state index in [9.17, 15) is 26.3 Å². The van der Waals surface area contributed by atoms with Gasteiger partial charge in [-0.05, 0) is 6.07 Å². The smallest absolute Gasteiger partial charge is 0.402 e. The normalized spacial score (nSPS) is 14.2. The SMILES string of the molecule is COc1ccc(C(N)C(C(F)(F)F)C(F)(F)F)c(OC)c1. The molecule has 0 aromatic heterocycles. The van der Waals surface area contributed by atoms with Crippen LogP contribution in [0.2, 0.25) is 0 Å². The summed E-state index contributed by atoms with van der Waals surface area (Å²) < 4.78 is 85.6. The molecule has 9 heteroatoms. The van der Waals surface area contributed by atoms with Crippen LogP contribution in [-0.2, 0) is 0 Å². The molecule has 0 heterocycles. The molecule has 0 radical (unpaired) electrons. The summed E-state index contributed by atoms with van der Waals surface area (Å²) in [5.41, 5.74) is 4.81. The summed E-state index contributed by atoms with van der Waals surface area (Å²) in [7, 11) is 2.41. The second-order valence-corrected chi connectivity index (χ2v) is 4.19. The first-order chi connectivity index (χ1) is 9.52. The van der Waals surface area contributed by atoms with Crippen molar-refractivity contribution in [1.29, 1.82) is 0 Å². The van der Waals surface area contributed by atoms with Crippen LogP contribution < -0.4 is 15.2 Å². The standard InChI is InChI=1S/C12H13F6NO2/c1-20-6-3-4-7(8(5-6)21-2)9(19)10(11(13,14)15)12(16,17)18/h3-5,9-10H,19H2,1-2H3. The van der Waals surface area contributed by atoms with Crippen molar-refractivity contribution >= 4 is 0 Å². The quantitative estimate of drug-likeness (QED) is 0.865. The molecule has 1 aromatic rings. The number of methoxy groups -OCH3 is 2. The van der Waals surface area contributed by atoms with Gasteiger partial charge < -0.3 is 15.2 Å². The number of hydrogen-bond acceptors (Lipinski definition) is 3. The zero-order valence-corrected chi connectivity index (χ0v) is 11.0. The number of benzene rings is 1. The molecule has 1 atom stereocenters. The fourth-order valence-corrected chi connectivity index (χ4v) is 1.87. The maximum absolute atomic E-state index is 12.7. The fourth-order valence-electron chi connectivity index (χ4n) is 1.87. The Morgan fingerprint density at radius 2 is 1.48 bits per heavy atom. The minimum absolute atomic E-state index is 0.208. The molecule has 120 valence electrons. The van der Waals surface area contributed by atoms with Crippen LogP contribution in [0, 0.1) is 5.92 Å². The summed E-state index contributed by atoms with van der Waals surface area (Å²) in [4.78, 5) is 0. The van der Waals surface area contributed by atoms with E-state index >= 15 is 0 Å². The second kappa shape index (κ2) is 6.00. The highest BCUT2D eigenvalue weighted by molar-refractivity contribution is 5.42. The largest absolute Gasteiger partial charge is 0.497 e. The van der Waals surface area contributed by atoms with Crippen molar-refractivity contribution in [2.45, 2.75) is 18.4 Å². The molecule has 1 unspecified atom stereocenters. The molecule has 0 saturated carbocycles. The molecule has 0 aliphatic carbocycles. The van der Waals surface area contributed by atoms with Crippen LogP contribution in [0.3, 0.4) is 0 Å². The zero-order valence-electron chi connectivity index (χ0n) is 11.0. The van der Waals surface area contributed by atoms with Crippen LogP contribution in [0.5, 0.6) is 11.5 Å². The molecule has 0 spiro atoms. The monoisotopic (exact) mass is 317 g/mol. The number of alkyl halides is 6. The van der Waals surface area contributed by atoms with E-state index in [0.29, 0.717) is 0 Å². The first kappa shape index (κ1) is 17.4. The summed E-state index contributed by atoms with van der Waals surface area (Å²) in [5.74, 6) is -3.67. The molecule has 0 bridgehead atoms.